The minimum atomic E-state index is -0.585. The van der Waals surface area contributed by atoms with Crippen molar-refractivity contribution in [1.82, 2.24) is 9.88 Å². The van der Waals surface area contributed by atoms with E-state index in [1.54, 1.807) is 12.1 Å². The molecule has 0 spiro atoms. The maximum absolute atomic E-state index is 13.5. The maximum Gasteiger partial charge on any atom is 0.250 e. The largest absolute Gasteiger partial charge is 0.366 e. The van der Waals surface area contributed by atoms with Crippen molar-refractivity contribution in [2.24, 2.45) is 11.1 Å². The third-order valence-electron chi connectivity index (χ3n) is 4.81. The van der Waals surface area contributed by atoms with Crippen LogP contribution in [0.15, 0.2) is 24.3 Å². The van der Waals surface area contributed by atoms with Crippen LogP contribution in [0.4, 0.5) is 4.39 Å². The number of rotatable bonds is 2. The Morgan fingerprint density at radius 1 is 1.27 bits per heavy atom. The van der Waals surface area contributed by atoms with Crippen LogP contribution in [-0.4, -0.2) is 34.8 Å². The van der Waals surface area contributed by atoms with E-state index in [0.29, 0.717) is 35.2 Å². The Labute approximate surface area is 152 Å². The van der Waals surface area contributed by atoms with Crippen molar-refractivity contribution in [3.05, 3.63) is 41.3 Å². The van der Waals surface area contributed by atoms with Gasteiger partial charge in [-0.25, -0.2) is 4.39 Å². The molecule has 0 radical (unpaired) electrons. The van der Waals surface area contributed by atoms with Gasteiger partial charge in [-0.2, -0.15) is 0 Å². The van der Waals surface area contributed by atoms with E-state index in [1.807, 2.05) is 25.7 Å². The number of carbonyl (C=O) groups is 2. The van der Waals surface area contributed by atoms with Crippen LogP contribution in [0.2, 0.25) is 0 Å². The number of piperidine rings is 1. The lowest BCUT2D eigenvalue weighted by Crippen LogP contribution is -2.45. The molecule has 5 nitrogen and oxygen atoms in total. The lowest BCUT2D eigenvalue weighted by molar-refractivity contribution is -0.140. The van der Waals surface area contributed by atoms with Crippen molar-refractivity contribution in [3.8, 4) is 0 Å². The third kappa shape index (κ3) is 3.54. The fourth-order valence-electron chi connectivity index (χ4n) is 3.53. The Balaban J connectivity index is 2.00. The molecule has 1 saturated heterocycles. The fourth-order valence-corrected chi connectivity index (χ4v) is 3.53. The number of carbonyl (C=O) groups excluding carboxylic acids is 2. The molecule has 1 fully saturated rings. The van der Waals surface area contributed by atoms with E-state index in [9.17, 15) is 14.0 Å². The van der Waals surface area contributed by atoms with Crippen LogP contribution < -0.4 is 5.73 Å². The topological polar surface area (TPSA) is 76.3 Å². The number of fused-ring (bicyclic) bond motifs is 1. The zero-order valence-electron chi connectivity index (χ0n) is 15.4. The molecular weight excluding hydrogens is 333 g/mol. The van der Waals surface area contributed by atoms with Gasteiger partial charge in [-0.05, 0) is 37.1 Å². The SMILES string of the molecule is CC(C)(C)C(=O)N1CCC[C@H](c2nc3ccc(F)cc3cc2C(N)=O)C1. The van der Waals surface area contributed by atoms with Gasteiger partial charge < -0.3 is 10.6 Å². The summed E-state index contributed by atoms with van der Waals surface area (Å²) in [5.74, 6) is -0.947. The number of primary amides is 1. The first-order valence-corrected chi connectivity index (χ1v) is 8.86. The average Bonchev–Trinajstić information content (AvgIpc) is 2.59. The molecule has 6 heteroatoms. The zero-order chi connectivity index (χ0) is 19.1. The summed E-state index contributed by atoms with van der Waals surface area (Å²) in [5, 5.41) is 0.543. The van der Waals surface area contributed by atoms with E-state index in [4.69, 9.17) is 5.73 Å². The summed E-state index contributed by atoms with van der Waals surface area (Å²) in [4.78, 5) is 31.1. The van der Waals surface area contributed by atoms with Gasteiger partial charge in [-0.1, -0.05) is 20.8 Å². The van der Waals surface area contributed by atoms with Crippen molar-refractivity contribution in [2.45, 2.75) is 39.5 Å². The van der Waals surface area contributed by atoms with Gasteiger partial charge in [-0.3, -0.25) is 14.6 Å². The summed E-state index contributed by atoms with van der Waals surface area (Å²) in [6.07, 6.45) is 1.67. The molecule has 138 valence electrons. The van der Waals surface area contributed by atoms with Crippen LogP contribution in [-0.2, 0) is 4.79 Å². The van der Waals surface area contributed by atoms with E-state index in [0.717, 1.165) is 12.8 Å². The highest BCUT2D eigenvalue weighted by molar-refractivity contribution is 5.98. The number of hydrogen-bond donors (Lipinski definition) is 1. The van der Waals surface area contributed by atoms with E-state index in [1.165, 1.54) is 12.1 Å². The van der Waals surface area contributed by atoms with Crippen LogP contribution in [0, 0.1) is 11.2 Å². The number of pyridine rings is 1. The van der Waals surface area contributed by atoms with Gasteiger partial charge in [0, 0.05) is 29.8 Å². The first-order chi connectivity index (χ1) is 12.2. The van der Waals surface area contributed by atoms with E-state index < -0.39 is 11.3 Å². The second kappa shape index (κ2) is 6.67. The Kier molecular flexibility index (Phi) is 4.69. The standard InChI is InChI=1S/C20H24FN3O2/c1-20(2,3)19(26)24-8-4-5-12(11-24)17-15(18(22)25)10-13-9-14(21)6-7-16(13)23-17/h6-7,9-10,12H,4-5,8,11H2,1-3H3,(H2,22,25)/t12-/m0/s1. The molecule has 1 aromatic heterocycles. The van der Waals surface area contributed by atoms with Gasteiger partial charge in [0.05, 0.1) is 16.8 Å². The molecule has 2 N–H and O–H groups in total. The summed E-state index contributed by atoms with van der Waals surface area (Å²) < 4.78 is 13.5. The highest BCUT2D eigenvalue weighted by Crippen LogP contribution is 2.32. The lowest BCUT2D eigenvalue weighted by Gasteiger charge is -2.36. The van der Waals surface area contributed by atoms with Crippen molar-refractivity contribution in [1.29, 1.82) is 0 Å². The average molecular weight is 357 g/mol. The van der Waals surface area contributed by atoms with Crippen LogP contribution in [0.5, 0.6) is 0 Å². The third-order valence-corrected chi connectivity index (χ3v) is 4.81. The molecule has 1 aromatic carbocycles. The smallest absolute Gasteiger partial charge is 0.250 e. The lowest BCUT2D eigenvalue weighted by atomic mass is 9.88. The number of nitrogens with zero attached hydrogens (tertiary/aromatic N) is 2. The van der Waals surface area contributed by atoms with Crippen molar-refractivity contribution in [2.75, 3.05) is 13.1 Å². The number of hydrogen-bond acceptors (Lipinski definition) is 3. The van der Waals surface area contributed by atoms with Gasteiger partial charge in [-0.15, -0.1) is 0 Å². The van der Waals surface area contributed by atoms with Crippen molar-refractivity contribution >= 4 is 22.7 Å². The Bertz CT molecular complexity index is 873. The van der Waals surface area contributed by atoms with Gasteiger partial charge in [0.25, 0.3) is 5.91 Å². The number of amides is 2. The van der Waals surface area contributed by atoms with Crippen molar-refractivity contribution in [3.63, 3.8) is 0 Å². The minimum absolute atomic E-state index is 0.0630. The molecule has 1 aliphatic heterocycles. The molecule has 1 atom stereocenters. The first kappa shape index (κ1) is 18.3. The maximum atomic E-state index is 13.5. The van der Waals surface area contributed by atoms with Gasteiger partial charge in [0.15, 0.2) is 0 Å². The number of aromatic nitrogens is 1. The molecule has 0 bridgehead atoms. The Morgan fingerprint density at radius 2 is 2.00 bits per heavy atom. The first-order valence-electron chi connectivity index (χ1n) is 8.86. The van der Waals surface area contributed by atoms with E-state index >= 15 is 0 Å². The zero-order valence-corrected chi connectivity index (χ0v) is 15.4. The second-order valence-corrected chi connectivity index (χ2v) is 7.96. The molecule has 2 amide bonds. The summed E-state index contributed by atoms with van der Waals surface area (Å²) in [6, 6.07) is 5.89. The number of halogens is 1. The molecule has 26 heavy (non-hydrogen) atoms. The number of likely N-dealkylation sites (tertiary alicyclic amines) is 1. The predicted octanol–water partition coefficient (Wildman–Crippen LogP) is 3.22. The minimum Gasteiger partial charge on any atom is -0.366 e. The monoisotopic (exact) mass is 357 g/mol. The quantitative estimate of drug-likeness (QED) is 0.896. The van der Waals surface area contributed by atoms with Gasteiger partial charge in [0.2, 0.25) is 5.91 Å². The summed E-state index contributed by atoms with van der Waals surface area (Å²) >= 11 is 0. The van der Waals surface area contributed by atoms with E-state index in [2.05, 4.69) is 4.98 Å². The van der Waals surface area contributed by atoms with E-state index in [-0.39, 0.29) is 17.6 Å². The summed E-state index contributed by atoms with van der Waals surface area (Å²) in [7, 11) is 0. The van der Waals surface area contributed by atoms with Gasteiger partial charge >= 0.3 is 0 Å². The van der Waals surface area contributed by atoms with Crippen LogP contribution in [0.25, 0.3) is 10.9 Å². The fraction of sp³-hybridized carbons (Fsp3) is 0.450. The molecule has 3 rings (SSSR count). The van der Waals surface area contributed by atoms with Crippen LogP contribution in [0.3, 0.4) is 0 Å². The summed E-state index contributed by atoms with van der Waals surface area (Å²) in [5.41, 5.74) is 6.63. The summed E-state index contributed by atoms with van der Waals surface area (Å²) in [6.45, 7) is 6.91. The van der Waals surface area contributed by atoms with Crippen LogP contribution >= 0.6 is 0 Å². The van der Waals surface area contributed by atoms with Crippen molar-refractivity contribution < 1.29 is 14.0 Å². The highest BCUT2D eigenvalue weighted by Gasteiger charge is 2.33. The number of nitrogens with two attached hydrogens (primary N) is 1. The molecule has 2 aromatic rings. The second-order valence-electron chi connectivity index (χ2n) is 7.96. The van der Waals surface area contributed by atoms with Gasteiger partial charge in [0.1, 0.15) is 5.82 Å². The Hall–Kier alpha value is -2.50. The molecule has 0 saturated carbocycles. The molecule has 1 aliphatic rings. The van der Waals surface area contributed by atoms with Crippen LogP contribution in [0.1, 0.15) is 55.6 Å². The molecule has 0 unspecified atom stereocenters. The normalized spacial score (nSPS) is 18.2. The Morgan fingerprint density at radius 3 is 2.65 bits per heavy atom. The highest BCUT2D eigenvalue weighted by atomic mass is 19.1. The molecule has 2 heterocycles. The molecule has 0 aliphatic carbocycles. The predicted molar refractivity (Wildman–Crippen MR) is 98.2 cm³/mol. The number of benzene rings is 1. The molecular formula is C20H24FN3O2.